The van der Waals surface area contributed by atoms with Crippen molar-refractivity contribution < 1.29 is 14.2 Å². The van der Waals surface area contributed by atoms with E-state index in [0.29, 0.717) is 36.3 Å². The first-order valence-corrected chi connectivity index (χ1v) is 10.2. The highest BCUT2D eigenvalue weighted by molar-refractivity contribution is 14.0. The monoisotopic (exact) mass is 534 g/mol. The maximum Gasteiger partial charge on any atom is 0.203 e. The Kier molecular flexibility index (Phi) is 11.1. The van der Waals surface area contributed by atoms with E-state index in [4.69, 9.17) is 14.2 Å². The number of hydrogen-bond donors (Lipinski definition) is 2. The predicted molar refractivity (Wildman–Crippen MR) is 129 cm³/mol. The van der Waals surface area contributed by atoms with Gasteiger partial charge in [0.25, 0.3) is 0 Å². The third kappa shape index (κ3) is 7.22. The molecule has 0 fully saturated rings. The molecule has 0 atom stereocenters. The smallest absolute Gasteiger partial charge is 0.203 e. The summed E-state index contributed by atoms with van der Waals surface area (Å²) in [5.41, 5.74) is 2.09. The highest BCUT2D eigenvalue weighted by Gasteiger charge is 2.13. The maximum atomic E-state index is 5.41. The first kappa shape index (κ1) is 25.3. The first-order valence-electron chi connectivity index (χ1n) is 9.27. The number of rotatable bonds is 9. The number of nitrogens with zero attached hydrogens (tertiary/aromatic N) is 2. The second kappa shape index (κ2) is 12.7. The lowest BCUT2D eigenvalue weighted by molar-refractivity contribution is 0.324. The Labute approximate surface area is 194 Å². The van der Waals surface area contributed by atoms with E-state index in [9.17, 15) is 0 Å². The molecule has 0 aliphatic heterocycles. The zero-order valence-corrected chi connectivity index (χ0v) is 21.0. The Morgan fingerprint density at radius 3 is 2.24 bits per heavy atom. The van der Waals surface area contributed by atoms with Gasteiger partial charge < -0.3 is 24.8 Å². The molecule has 0 radical (unpaired) electrons. The fourth-order valence-corrected chi connectivity index (χ4v) is 3.46. The van der Waals surface area contributed by atoms with Crippen molar-refractivity contribution in [2.75, 3.05) is 27.9 Å². The van der Waals surface area contributed by atoms with Gasteiger partial charge in [-0.25, -0.2) is 9.98 Å². The first-order chi connectivity index (χ1) is 13.5. The summed E-state index contributed by atoms with van der Waals surface area (Å²) in [5.74, 6) is 2.99. The molecule has 0 bridgehead atoms. The third-order valence-corrected chi connectivity index (χ3v) is 4.92. The molecule has 1 heterocycles. The summed E-state index contributed by atoms with van der Waals surface area (Å²) in [6.45, 7) is 8.22. The molecule has 7 nitrogen and oxygen atoms in total. The van der Waals surface area contributed by atoms with Crippen molar-refractivity contribution in [1.82, 2.24) is 15.6 Å². The largest absolute Gasteiger partial charge is 0.493 e. The van der Waals surface area contributed by atoms with Gasteiger partial charge in [0, 0.05) is 11.9 Å². The Morgan fingerprint density at radius 2 is 1.76 bits per heavy atom. The van der Waals surface area contributed by atoms with Crippen LogP contribution in [-0.2, 0) is 13.1 Å². The number of guanidine groups is 1. The summed E-state index contributed by atoms with van der Waals surface area (Å²) in [6, 6.07) is 3.81. The molecule has 0 aliphatic rings. The molecule has 29 heavy (non-hydrogen) atoms. The van der Waals surface area contributed by atoms with Gasteiger partial charge in [-0.15, -0.1) is 35.3 Å². The molecule has 0 amide bonds. The summed E-state index contributed by atoms with van der Waals surface area (Å²) in [7, 11) is 4.81. The minimum atomic E-state index is 0. The minimum absolute atomic E-state index is 0. The van der Waals surface area contributed by atoms with Crippen molar-refractivity contribution in [3.63, 3.8) is 0 Å². The van der Waals surface area contributed by atoms with Crippen LogP contribution in [0.15, 0.2) is 22.5 Å². The zero-order valence-electron chi connectivity index (χ0n) is 17.9. The topological polar surface area (TPSA) is 77.0 Å². The quantitative estimate of drug-likeness (QED) is 0.286. The Balaban J connectivity index is 0.00000420. The molecule has 162 valence electrons. The number of ether oxygens (including phenoxy) is 3. The highest BCUT2D eigenvalue weighted by Crippen LogP contribution is 2.38. The van der Waals surface area contributed by atoms with Crippen LogP contribution in [0.4, 0.5) is 0 Å². The number of hydrogen-bond acceptors (Lipinski definition) is 6. The van der Waals surface area contributed by atoms with Gasteiger partial charge in [-0.05, 0) is 30.5 Å². The number of methoxy groups -OCH3 is 3. The van der Waals surface area contributed by atoms with Crippen molar-refractivity contribution in [2.45, 2.75) is 39.8 Å². The van der Waals surface area contributed by atoms with Crippen LogP contribution in [0.1, 0.15) is 43.0 Å². The van der Waals surface area contributed by atoms with E-state index in [1.54, 1.807) is 32.7 Å². The van der Waals surface area contributed by atoms with Gasteiger partial charge in [0.1, 0.15) is 5.01 Å². The summed E-state index contributed by atoms with van der Waals surface area (Å²) in [4.78, 5) is 9.32. The average molecular weight is 534 g/mol. The van der Waals surface area contributed by atoms with Crippen LogP contribution in [0.25, 0.3) is 0 Å². The molecule has 9 heteroatoms. The van der Waals surface area contributed by atoms with E-state index in [1.165, 1.54) is 0 Å². The molecule has 2 N–H and O–H groups in total. The van der Waals surface area contributed by atoms with Crippen LogP contribution in [-0.4, -0.2) is 38.8 Å². The molecule has 2 rings (SSSR count). The number of thiazole rings is 1. The number of nitrogens with one attached hydrogen (secondary N) is 2. The molecular formula is C20H31IN4O3S. The molecule has 1 aromatic heterocycles. The van der Waals surface area contributed by atoms with E-state index in [1.807, 2.05) is 19.1 Å². The summed E-state index contributed by atoms with van der Waals surface area (Å²) in [6.07, 6.45) is 0. The van der Waals surface area contributed by atoms with Crippen LogP contribution in [0, 0.1) is 0 Å². The van der Waals surface area contributed by atoms with E-state index < -0.39 is 0 Å². The number of aromatic nitrogens is 1. The Morgan fingerprint density at radius 1 is 1.10 bits per heavy atom. The summed E-state index contributed by atoms with van der Waals surface area (Å²) < 4.78 is 16.2. The minimum Gasteiger partial charge on any atom is -0.493 e. The summed E-state index contributed by atoms with van der Waals surface area (Å²) >= 11 is 1.66. The SMILES string of the molecule is CCNC(=NCc1cc(OC)c(OC)c(OC)c1)NCc1nc(C(C)C)cs1.I. The fourth-order valence-electron chi connectivity index (χ4n) is 2.57. The standard InChI is InChI=1S/C20H30N4O3S.HI/c1-7-21-20(23-11-18-24-15(12-28-18)13(2)3)22-10-14-8-16(25-4)19(27-6)17(9-14)26-5;/h8-9,12-13H,7,10-11H2,1-6H3,(H2,21,22,23);1H. The Hall–Kier alpha value is -1.75. The molecule has 0 saturated heterocycles. The van der Waals surface area contributed by atoms with Gasteiger partial charge in [-0.2, -0.15) is 0 Å². The second-order valence-corrected chi connectivity index (χ2v) is 7.35. The van der Waals surface area contributed by atoms with Crippen LogP contribution in [0.2, 0.25) is 0 Å². The van der Waals surface area contributed by atoms with E-state index in [-0.39, 0.29) is 24.0 Å². The van der Waals surface area contributed by atoms with Gasteiger partial charge in [-0.1, -0.05) is 13.8 Å². The van der Waals surface area contributed by atoms with Gasteiger partial charge in [0.15, 0.2) is 17.5 Å². The van der Waals surface area contributed by atoms with E-state index in [0.717, 1.165) is 28.8 Å². The van der Waals surface area contributed by atoms with Gasteiger partial charge in [-0.3, -0.25) is 0 Å². The highest BCUT2D eigenvalue weighted by atomic mass is 127. The lowest BCUT2D eigenvalue weighted by atomic mass is 10.2. The zero-order chi connectivity index (χ0) is 20.5. The number of halogens is 1. The number of benzene rings is 1. The lowest BCUT2D eigenvalue weighted by Crippen LogP contribution is -2.36. The maximum absolute atomic E-state index is 5.41. The van der Waals surface area contributed by atoms with Crippen LogP contribution in [0.3, 0.4) is 0 Å². The van der Waals surface area contributed by atoms with Crippen LogP contribution >= 0.6 is 35.3 Å². The fraction of sp³-hybridized carbons (Fsp3) is 0.500. The Bertz CT molecular complexity index is 771. The number of aliphatic imine (C=N–C) groups is 1. The predicted octanol–water partition coefficient (Wildman–Crippen LogP) is 4.17. The van der Waals surface area contributed by atoms with Crippen LogP contribution in [0.5, 0.6) is 17.2 Å². The van der Waals surface area contributed by atoms with Crippen molar-refractivity contribution in [3.8, 4) is 17.2 Å². The molecule has 0 aliphatic carbocycles. The van der Waals surface area contributed by atoms with Crippen molar-refractivity contribution >= 4 is 41.3 Å². The normalized spacial score (nSPS) is 11.1. The molecule has 1 aromatic carbocycles. The molecule has 0 saturated carbocycles. The molecule has 0 unspecified atom stereocenters. The van der Waals surface area contributed by atoms with Gasteiger partial charge >= 0.3 is 0 Å². The van der Waals surface area contributed by atoms with Crippen molar-refractivity contribution in [2.24, 2.45) is 4.99 Å². The average Bonchev–Trinajstić information content (AvgIpc) is 3.18. The van der Waals surface area contributed by atoms with E-state index >= 15 is 0 Å². The van der Waals surface area contributed by atoms with Crippen molar-refractivity contribution in [1.29, 1.82) is 0 Å². The van der Waals surface area contributed by atoms with Crippen LogP contribution < -0.4 is 24.8 Å². The second-order valence-electron chi connectivity index (χ2n) is 6.40. The molecule has 0 spiro atoms. The van der Waals surface area contributed by atoms with Gasteiger partial charge in [0.05, 0.1) is 40.1 Å². The van der Waals surface area contributed by atoms with E-state index in [2.05, 4.69) is 39.8 Å². The lowest BCUT2D eigenvalue weighted by Gasteiger charge is -2.14. The van der Waals surface area contributed by atoms with Gasteiger partial charge in [0.2, 0.25) is 5.75 Å². The third-order valence-electron chi connectivity index (χ3n) is 4.06. The summed E-state index contributed by atoms with van der Waals surface area (Å²) in [5, 5.41) is 9.76. The molecular weight excluding hydrogens is 503 g/mol. The molecule has 2 aromatic rings. The van der Waals surface area contributed by atoms with Crippen molar-refractivity contribution in [3.05, 3.63) is 33.8 Å².